The third-order valence-electron chi connectivity index (χ3n) is 3.65. The van der Waals surface area contributed by atoms with Crippen molar-refractivity contribution in [1.82, 2.24) is 5.32 Å². The summed E-state index contributed by atoms with van der Waals surface area (Å²) >= 11 is 1.49. The molecule has 1 aromatic heterocycles. The average molecular weight is 330 g/mol. The number of para-hydroxylation sites is 1. The first-order chi connectivity index (χ1) is 11.0. The van der Waals surface area contributed by atoms with Gasteiger partial charge in [0.1, 0.15) is 0 Å². The van der Waals surface area contributed by atoms with Crippen LogP contribution in [0.1, 0.15) is 39.5 Å². The van der Waals surface area contributed by atoms with Crippen LogP contribution in [-0.2, 0) is 17.6 Å². The number of benzene rings is 1. The minimum atomic E-state index is -0.219. The molecule has 0 aliphatic carbocycles. The summed E-state index contributed by atoms with van der Waals surface area (Å²) in [6.45, 7) is 6.08. The molecule has 4 nitrogen and oxygen atoms in total. The summed E-state index contributed by atoms with van der Waals surface area (Å²) in [5.74, 6) is -0.417. The number of rotatable bonds is 6. The zero-order valence-corrected chi connectivity index (χ0v) is 14.5. The van der Waals surface area contributed by atoms with Gasteiger partial charge < -0.3 is 10.6 Å². The maximum atomic E-state index is 12.1. The summed E-state index contributed by atoms with van der Waals surface area (Å²) in [5.41, 5.74) is 3.01. The van der Waals surface area contributed by atoms with E-state index < -0.39 is 0 Å². The van der Waals surface area contributed by atoms with E-state index in [1.54, 1.807) is 0 Å². The Kier molecular flexibility index (Phi) is 5.93. The van der Waals surface area contributed by atoms with E-state index in [1.165, 1.54) is 16.2 Å². The van der Waals surface area contributed by atoms with Crippen molar-refractivity contribution in [3.63, 3.8) is 0 Å². The third kappa shape index (κ3) is 4.42. The van der Waals surface area contributed by atoms with Gasteiger partial charge in [0.05, 0.1) is 11.4 Å². The van der Waals surface area contributed by atoms with Crippen LogP contribution in [0.25, 0.3) is 0 Å². The molecule has 5 heteroatoms. The molecule has 0 aliphatic heterocycles. The first-order valence-corrected chi connectivity index (χ1v) is 8.62. The Morgan fingerprint density at radius 1 is 1.13 bits per heavy atom. The molecule has 0 unspecified atom stereocenters. The van der Waals surface area contributed by atoms with Gasteiger partial charge in [0.2, 0.25) is 5.91 Å². The highest BCUT2D eigenvalue weighted by Crippen LogP contribution is 2.22. The largest absolute Gasteiger partial charge is 0.342 e. The van der Waals surface area contributed by atoms with Crippen molar-refractivity contribution in [2.75, 3.05) is 11.9 Å². The molecular formula is C18H22N2O2S. The van der Waals surface area contributed by atoms with Crippen molar-refractivity contribution in [3.05, 3.63) is 51.2 Å². The fourth-order valence-corrected chi connectivity index (χ4v) is 3.41. The zero-order valence-electron chi connectivity index (χ0n) is 13.7. The number of hydrogen-bond acceptors (Lipinski definition) is 3. The van der Waals surface area contributed by atoms with Gasteiger partial charge in [-0.3, -0.25) is 9.59 Å². The molecular weight excluding hydrogens is 308 g/mol. The summed E-state index contributed by atoms with van der Waals surface area (Å²) in [5, 5.41) is 5.53. The fraction of sp³-hybridized carbons (Fsp3) is 0.333. The highest BCUT2D eigenvalue weighted by atomic mass is 32.1. The lowest BCUT2D eigenvalue weighted by Crippen LogP contribution is -2.32. The van der Waals surface area contributed by atoms with Gasteiger partial charge in [-0.25, -0.2) is 0 Å². The second-order valence-corrected chi connectivity index (χ2v) is 6.45. The maximum absolute atomic E-state index is 12.1. The van der Waals surface area contributed by atoms with Crippen LogP contribution < -0.4 is 10.6 Å². The second-order valence-electron chi connectivity index (χ2n) is 5.31. The van der Waals surface area contributed by atoms with Crippen LogP contribution in [0, 0.1) is 6.92 Å². The van der Waals surface area contributed by atoms with E-state index in [0.717, 1.165) is 29.7 Å². The minimum Gasteiger partial charge on any atom is -0.342 e. The fourth-order valence-electron chi connectivity index (χ4n) is 2.38. The van der Waals surface area contributed by atoms with Crippen LogP contribution in [0.3, 0.4) is 0 Å². The van der Waals surface area contributed by atoms with Crippen LogP contribution in [0.15, 0.2) is 30.3 Å². The van der Waals surface area contributed by atoms with E-state index in [1.807, 2.05) is 44.2 Å². The van der Waals surface area contributed by atoms with E-state index >= 15 is 0 Å². The molecule has 0 saturated carbocycles. The minimum absolute atomic E-state index is 0.0325. The van der Waals surface area contributed by atoms with Crippen LogP contribution in [0.5, 0.6) is 0 Å². The topological polar surface area (TPSA) is 58.2 Å². The Hall–Kier alpha value is -2.14. The van der Waals surface area contributed by atoms with Crippen molar-refractivity contribution in [2.45, 2.75) is 33.6 Å². The lowest BCUT2D eigenvalue weighted by molar-refractivity contribution is -0.115. The molecule has 1 aromatic carbocycles. The average Bonchev–Trinajstić information content (AvgIpc) is 2.94. The number of hydrogen-bond donors (Lipinski definition) is 2. The summed E-state index contributed by atoms with van der Waals surface area (Å²) in [6, 6.07) is 9.56. The number of aryl methyl sites for hydroxylation is 3. The highest BCUT2D eigenvalue weighted by molar-refractivity contribution is 7.14. The van der Waals surface area contributed by atoms with Crippen LogP contribution in [-0.4, -0.2) is 18.4 Å². The molecule has 2 amide bonds. The van der Waals surface area contributed by atoms with Gasteiger partial charge in [0.25, 0.3) is 5.91 Å². The van der Waals surface area contributed by atoms with Gasteiger partial charge in [0, 0.05) is 10.6 Å². The van der Waals surface area contributed by atoms with Gasteiger partial charge in [-0.05, 0) is 43.0 Å². The maximum Gasteiger partial charge on any atom is 0.261 e. The van der Waals surface area contributed by atoms with Gasteiger partial charge in [-0.15, -0.1) is 11.3 Å². The van der Waals surface area contributed by atoms with Crippen molar-refractivity contribution < 1.29 is 9.59 Å². The predicted molar refractivity (Wildman–Crippen MR) is 95.2 cm³/mol. The first-order valence-electron chi connectivity index (χ1n) is 7.80. The highest BCUT2D eigenvalue weighted by Gasteiger charge is 2.13. The standard InChI is InChI=1S/C18H22N2O2S/c1-4-13-8-6-7-9-14(13)20-17(21)11-19-18(22)16-10-12(3)15(5-2)23-16/h6-10H,4-5,11H2,1-3H3,(H,19,22)(H,20,21). The summed E-state index contributed by atoms with van der Waals surface area (Å²) in [7, 11) is 0. The Labute approximate surface area is 140 Å². The SMILES string of the molecule is CCc1ccccc1NC(=O)CNC(=O)c1cc(C)c(CC)s1. The molecule has 0 radical (unpaired) electrons. The van der Waals surface area contributed by atoms with E-state index in [9.17, 15) is 9.59 Å². The Balaban J connectivity index is 1.92. The monoisotopic (exact) mass is 330 g/mol. The molecule has 1 heterocycles. The van der Waals surface area contributed by atoms with E-state index in [-0.39, 0.29) is 18.4 Å². The first kappa shape index (κ1) is 17.2. The summed E-state index contributed by atoms with van der Waals surface area (Å²) in [4.78, 5) is 26.0. The van der Waals surface area contributed by atoms with Gasteiger partial charge in [-0.2, -0.15) is 0 Å². The number of thiophene rings is 1. The Bertz CT molecular complexity index is 707. The van der Waals surface area contributed by atoms with Crippen LogP contribution in [0.2, 0.25) is 0 Å². The summed E-state index contributed by atoms with van der Waals surface area (Å²) < 4.78 is 0. The summed E-state index contributed by atoms with van der Waals surface area (Å²) in [6.07, 6.45) is 1.76. The molecule has 0 aliphatic rings. The van der Waals surface area contributed by atoms with E-state index in [0.29, 0.717) is 4.88 Å². The molecule has 2 aromatic rings. The zero-order chi connectivity index (χ0) is 16.8. The van der Waals surface area contributed by atoms with Crippen molar-refractivity contribution >= 4 is 28.8 Å². The van der Waals surface area contributed by atoms with E-state index in [4.69, 9.17) is 0 Å². The van der Waals surface area contributed by atoms with Crippen molar-refractivity contribution in [2.24, 2.45) is 0 Å². The normalized spacial score (nSPS) is 10.4. The number of nitrogens with one attached hydrogen (secondary N) is 2. The molecule has 0 atom stereocenters. The molecule has 122 valence electrons. The second kappa shape index (κ2) is 7.92. The number of carbonyl (C=O) groups is 2. The Morgan fingerprint density at radius 2 is 1.87 bits per heavy atom. The third-order valence-corrected chi connectivity index (χ3v) is 5.03. The smallest absolute Gasteiger partial charge is 0.261 e. The lowest BCUT2D eigenvalue weighted by Gasteiger charge is -2.10. The molecule has 0 spiro atoms. The number of carbonyl (C=O) groups excluding carboxylic acids is 2. The molecule has 2 rings (SSSR count). The molecule has 0 saturated heterocycles. The molecule has 23 heavy (non-hydrogen) atoms. The van der Waals surface area contributed by atoms with Crippen molar-refractivity contribution in [1.29, 1.82) is 0 Å². The van der Waals surface area contributed by atoms with Crippen LogP contribution >= 0.6 is 11.3 Å². The predicted octanol–water partition coefficient (Wildman–Crippen LogP) is 3.55. The number of amides is 2. The van der Waals surface area contributed by atoms with Crippen LogP contribution in [0.4, 0.5) is 5.69 Å². The van der Waals surface area contributed by atoms with Gasteiger partial charge >= 0.3 is 0 Å². The van der Waals surface area contributed by atoms with Gasteiger partial charge in [0.15, 0.2) is 0 Å². The quantitative estimate of drug-likeness (QED) is 0.851. The Morgan fingerprint density at radius 3 is 2.52 bits per heavy atom. The van der Waals surface area contributed by atoms with E-state index in [2.05, 4.69) is 17.6 Å². The lowest BCUT2D eigenvalue weighted by atomic mass is 10.1. The molecule has 0 fully saturated rings. The number of anilines is 1. The molecule has 0 bridgehead atoms. The van der Waals surface area contributed by atoms with Crippen molar-refractivity contribution in [3.8, 4) is 0 Å². The van der Waals surface area contributed by atoms with Gasteiger partial charge in [-0.1, -0.05) is 32.0 Å². The molecule has 2 N–H and O–H groups in total.